The zero-order valence-corrected chi connectivity index (χ0v) is 29.1. The van der Waals surface area contributed by atoms with E-state index < -0.39 is 8.07 Å². The second-order valence-corrected chi connectivity index (χ2v) is 20.2. The molecule has 0 spiro atoms. The van der Waals surface area contributed by atoms with E-state index in [0.29, 0.717) is 64.4 Å². The summed E-state index contributed by atoms with van der Waals surface area (Å²) < 4.78 is 16.4. The first-order valence-corrected chi connectivity index (χ1v) is 20.3. The quantitative estimate of drug-likeness (QED) is 0.124. The molecule has 2 bridgehead atoms. The maximum absolute atomic E-state index is 11.4. The highest BCUT2D eigenvalue weighted by molar-refractivity contribution is 6.76. The molecule has 2 fully saturated rings. The van der Waals surface area contributed by atoms with E-state index in [2.05, 4.69) is 39.2 Å². The number of nitrogens with two attached hydrogens (primary N) is 1. The third-order valence-electron chi connectivity index (χ3n) is 9.48. The topological polar surface area (TPSA) is 126 Å². The maximum atomic E-state index is 11.4. The first-order valence-electron chi connectivity index (χ1n) is 16.2. The number of aromatic nitrogens is 6. The van der Waals surface area contributed by atoms with E-state index in [-0.39, 0.29) is 5.91 Å². The molecule has 47 heavy (non-hydrogen) atoms. The molecular formula is C34H41ClN8O3Si. The molecule has 7 rings (SSSR count). The largest absolute Gasteiger partial charge is 0.456 e. The highest BCUT2D eigenvalue weighted by atomic mass is 35.5. The Morgan fingerprint density at radius 3 is 2.70 bits per heavy atom. The number of hydrogen-bond donors (Lipinski definition) is 1. The number of amides is 1. The second kappa shape index (κ2) is 12.6. The number of halogens is 1. The van der Waals surface area contributed by atoms with Gasteiger partial charge in [-0.05, 0) is 61.9 Å². The molecule has 1 saturated carbocycles. The molecular weight excluding hydrogens is 632 g/mol. The van der Waals surface area contributed by atoms with Gasteiger partial charge in [0, 0.05) is 51.6 Å². The zero-order chi connectivity index (χ0) is 32.9. The average molecular weight is 673 g/mol. The number of benzene rings is 2. The smallest absolute Gasteiger partial charge is 0.231 e. The molecule has 5 aromatic rings. The summed E-state index contributed by atoms with van der Waals surface area (Å²) in [7, 11) is -1.17. The van der Waals surface area contributed by atoms with Crippen LogP contribution in [0.15, 0.2) is 48.9 Å². The minimum Gasteiger partial charge on any atom is -0.456 e. The molecule has 1 aliphatic carbocycles. The third kappa shape index (κ3) is 6.78. The number of imidazole rings is 1. The van der Waals surface area contributed by atoms with Crippen LogP contribution in [-0.2, 0) is 22.8 Å². The van der Waals surface area contributed by atoms with Crippen molar-refractivity contribution in [3.63, 3.8) is 0 Å². The van der Waals surface area contributed by atoms with Gasteiger partial charge in [-0.15, -0.1) is 0 Å². The van der Waals surface area contributed by atoms with Gasteiger partial charge in [0.2, 0.25) is 5.91 Å². The van der Waals surface area contributed by atoms with Crippen LogP contribution >= 0.6 is 11.6 Å². The Bertz CT molecular complexity index is 1950. The number of piperidine rings is 1. The van der Waals surface area contributed by atoms with Crippen LogP contribution < -0.4 is 10.5 Å². The number of primary amides is 1. The number of hydrogen-bond acceptors (Lipinski definition) is 8. The number of nitrogens with zero attached hydrogens (tertiary/aromatic N) is 7. The van der Waals surface area contributed by atoms with Crippen molar-refractivity contribution in [1.29, 1.82) is 0 Å². The van der Waals surface area contributed by atoms with Crippen molar-refractivity contribution in [3.8, 4) is 22.8 Å². The number of aryl methyl sites for hydroxylation is 1. The molecule has 1 aliphatic heterocycles. The van der Waals surface area contributed by atoms with Crippen molar-refractivity contribution in [2.24, 2.45) is 17.6 Å². The van der Waals surface area contributed by atoms with Crippen molar-refractivity contribution >= 4 is 47.6 Å². The first-order chi connectivity index (χ1) is 22.5. The Balaban J connectivity index is 1.06. The molecule has 11 nitrogen and oxygen atoms in total. The fourth-order valence-electron chi connectivity index (χ4n) is 6.96. The van der Waals surface area contributed by atoms with Gasteiger partial charge in [0.1, 0.15) is 34.6 Å². The van der Waals surface area contributed by atoms with Gasteiger partial charge >= 0.3 is 0 Å². The Kier molecular flexibility index (Phi) is 8.54. The van der Waals surface area contributed by atoms with Crippen LogP contribution in [0.4, 0.5) is 0 Å². The van der Waals surface area contributed by atoms with Gasteiger partial charge in [-0.3, -0.25) is 19.4 Å². The van der Waals surface area contributed by atoms with E-state index in [0.717, 1.165) is 61.0 Å². The highest BCUT2D eigenvalue weighted by Crippen LogP contribution is 2.43. The molecule has 3 unspecified atom stereocenters. The van der Waals surface area contributed by atoms with E-state index in [1.54, 1.807) is 6.20 Å². The lowest BCUT2D eigenvalue weighted by Gasteiger charge is -2.30. The summed E-state index contributed by atoms with van der Waals surface area (Å²) in [6.45, 7) is 12.3. The molecule has 3 aromatic heterocycles. The number of carbonyl (C=O) groups is 1. The zero-order valence-electron chi connectivity index (χ0n) is 27.3. The van der Waals surface area contributed by atoms with E-state index in [9.17, 15) is 4.79 Å². The average Bonchev–Trinajstić information content (AvgIpc) is 3.80. The van der Waals surface area contributed by atoms with Gasteiger partial charge in [-0.25, -0.2) is 9.97 Å². The fourth-order valence-corrected chi connectivity index (χ4v) is 7.96. The number of fused-ring (bicyclic) bond motifs is 4. The van der Waals surface area contributed by atoms with Crippen molar-refractivity contribution < 1.29 is 14.3 Å². The van der Waals surface area contributed by atoms with Crippen LogP contribution in [0.3, 0.4) is 0 Å². The lowest BCUT2D eigenvalue weighted by atomic mass is 9.94. The minimum atomic E-state index is -1.17. The number of likely N-dealkylation sites (tertiary alicyclic amines) is 1. The van der Waals surface area contributed by atoms with Crippen molar-refractivity contribution in [1.82, 2.24) is 34.2 Å². The summed E-state index contributed by atoms with van der Waals surface area (Å²) in [5.74, 6) is 2.86. The Morgan fingerprint density at radius 2 is 1.94 bits per heavy atom. The van der Waals surface area contributed by atoms with Crippen molar-refractivity contribution in [2.45, 2.75) is 64.8 Å². The van der Waals surface area contributed by atoms with Gasteiger partial charge in [0.05, 0.1) is 41.2 Å². The van der Waals surface area contributed by atoms with Crippen LogP contribution in [0.1, 0.15) is 18.7 Å². The fraction of sp³-hybridized carbons (Fsp3) is 0.441. The van der Waals surface area contributed by atoms with Crippen molar-refractivity contribution in [2.75, 3.05) is 19.7 Å². The molecule has 4 heterocycles. The normalized spacial score (nSPS) is 19.7. The summed E-state index contributed by atoms with van der Waals surface area (Å²) in [6, 6.07) is 11.1. The van der Waals surface area contributed by atoms with Crippen molar-refractivity contribution in [3.05, 3.63) is 59.8 Å². The molecule has 2 aliphatic rings. The molecule has 1 amide bonds. The van der Waals surface area contributed by atoms with Gasteiger partial charge < -0.3 is 19.8 Å². The van der Waals surface area contributed by atoms with Gasteiger partial charge in [0.25, 0.3) is 0 Å². The third-order valence-corrected chi connectivity index (χ3v) is 11.6. The number of carbonyl (C=O) groups excluding carboxylic acids is 1. The summed E-state index contributed by atoms with van der Waals surface area (Å²) in [5, 5.41) is 5.03. The molecule has 2 N–H and O–H groups in total. The molecule has 1 saturated heterocycles. The Labute approximate surface area is 280 Å². The van der Waals surface area contributed by atoms with Gasteiger partial charge in [0.15, 0.2) is 0 Å². The lowest BCUT2D eigenvalue weighted by Crippen LogP contribution is -2.41. The van der Waals surface area contributed by atoms with Crippen LogP contribution in [0.25, 0.3) is 33.3 Å². The molecule has 2 aromatic carbocycles. The summed E-state index contributed by atoms with van der Waals surface area (Å²) in [4.78, 5) is 27.9. The first kappa shape index (κ1) is 31.7. The van der Waals surface area contributed by atoms with Crippen LogP contribution in [0.2, 0.25) is 30.7 Å². The van der Waals surface area contributed by atoms with E-state index >= 15 is 0 Å². The van der Waals surface area contributed by atoms with Gasteiger partial charge in [-0.1, -0.05) is 31.2 Å². The standard InChI is InChI=1S/C34H41ClN8O3Si/c1-21-39-27-6-5-26(13-30(27)43(21)20-45-9-10-47(2,3)4)46-31-8-7-28-34(33(31)35)40-29(15-37-28)24-14-38-42(18-24)17-23-12-25-11-22(23)16-41(25)19-32(36)44/h5-8,13-15,18,22-23,25H,9-12,16-17,19-20H2,1-4H3,(H2,36,44). The predicted octanol–water partition coefficient (Wildman–Crippen LogP) is 6.11. The molecule has 3 atom stereocenters. The number of rotatable bonds is 12. The Hall–Kier alpha value is -3.84. The molecule has 0 radical (unpaired) electrons. The van der Waals surface area contributed by atoms with Crippen LogP contribution in [-0.4, -0.2) is 73.9 Å². The van der Waals surface area contributed by atoms with E-state index in [4.69, 9.17) is 36.8 Å². The van der Waals surface area contributed by atoms with Gasteiger partial charge in [-0.2, -0.15) is 5.10 Å². The summed E-state index contributed by atoms with van der Waals surface area (Å²) in [6.07, 6.45) is 7.78. The monoisotopic (exact) mass is 672 g/mol. The van der Waals surface area contributed by atoms with E-state index in [1.165, 1.54) is 0 Å². The highest BCUT2D eigenvalue weighted by Gasteiger charge is 2.44. The molecule has 13 heteroatoms. The second-order valence-electron chi connectivity index (χ2n) is 14.2. The Morgan fingerprint density at radius 1 is 1.11 bits per heavy atom. The summed E-state index contributed by atoms with van der Waals surface area (Å²) >= 11 is 6.91. The molecule has 246 valence electrons. The van der Waals surface area contributed by atoms with Crippen LogP contribution in [0, 0.1) is 18.8 Å². The number of ether oxygens (including phenoxy) is 2. The SMILES string of the molecule is Cc1nc2ccc(Oc3ccc4ncc(-c5cnn(CC6CC7CC6CN7CC(N)=O)c5)nc4c3Cl)cc2n1COCC[Si](C)(C)C. The predicted molar refractivity (Wildman–Crippen MR) is 185 cm³/mol. The minimum absolute atomic E-state index is 0.254. The lowest BCUT2D eigenvalue weighted by molar-refractivity contribution is -0.119. The summed E-state index contributed by atoms with van der Waals surface area (Å²) in [5.41, 5.74) is 10.1. The maximum Gasteiger partial charge on any atom is 0.231 e. The van der Waals surface area contributed by atoms with E-state index in [1.807, 2.05) is 54.3 Å². The van der Waals surface area contributed by atoms with Crippen LogP contribution in [0.5, 0.6) is 11.5 Å².